The van der Waals surface area contributed by atoms with Gasteiger partial charge in [0.25, 0.3) is 0 Å². The molecule has 0 unspecified atom stereocenters. The van der Waals surface area contributed by atoms with Crippen LogP contribution in [-0.2, 0) is 0 Å². The van der Waals surface area contributed by atoms with E-state index in [1.54, 1.807) is 24.3 Å². The summed E-state index contributed by atoms with van der Waals surface area (Å²) >= 11 is 24.0. The van der Waals surface area contributed by atoms with Crippen molar-refractivity contribution in [3.63, 3.8) is 0 Å². The number of fused-ring (bicyclic) bond motifs is 2. The summed E-state index contributed by atoms with van der Waals surface area (Å²) in [6.45, 7) is 0. The van der Waals surface area contributed by atoms with Crippen LogP contribution < -0.4 is 0 Å². The highest BCUT2D eigenvalue weighted by Gasteiger charge is 2.35. The SMILES string of the molecule is O=C1c2ccccc2C(=O)c2c(Cl)c(Cl)c(Cl)c(Cl)c21. The summed E-state index contributed by atoms with van der Waals surface area (Å²) in [6, 6.07) is 6.46. The summed E-state index contributed by atoms with van der Waals surface area (Å²) < 4.78 is 0. The molecule has 0 N–H and O–H groups in total. The predicted molar refractivity (Wildman–Crippen MR) is 79.8 cm³/mol. The zero-order valence-corrected chi connectivity index (χ0v) is 12.7. The van der Waals surface area contributed by atoms with E-state index in [0.717, 1.165) is 0 Å². The molecule has 1 aliphatic rings. The zero-order valence-electron chi connectivity index (χ0n) is 9.64. The van der Waals surface area contributed by atoms with E-state index < -0.39 is 0 Å². The van der Waals surface area contributed by atoms with Crippen LogP contribution in [0.15, 0.2) is 24.3 Å². The minimum Gasteiger partial charge on any atom is -0.289 e. The first-order valence-corrected chi connectivity index (χ1v) is 7.00. The molecule has 0 spiro atoms. The van der Waals surface area contributed by atoms with E-state index in [1.807, 2.05) is 0 Å². The van der Waals surface area contributed by atoms with Crippen LogP contribution in [0, 0.1) is 0 Å². The number of rotatable bonds is 0. The number of hydrogen-bond acceptors (Lipinski definition) is 2. The van der Waals surface area contributed by atoms with E-state index in [1.165, 1.54) is 0 Å². The van der Waals surface area contributed by atoms with Crippen molar-refractivity contribution in [1.29, 1.82) is 0 Å². The smallest absolute Gasteiger partial charge is 0.196 e. The number of carbonyl (C=O) groups is 2. The molecule has 100 valence electrons. The van der Waals surface area contributed by atoms with Gasteiger partial charge in [0.2, 0.25) is 0 Å². The molecule has 2 aromatic rings. The van der Waals surface area contributed by atoms with Gasteiger partial charge in [-0.1, -0.05) is 70.7 Å². The molecule has 0 aliphatic heterocycles. The highest BCUT2D eigenvalue weighted by molar-refractivity contribution is 6.55. The van der Waals surface area contributed by atoms with Gasteiger partial charge in [0.15, 0.2) is 11.6 Å². The molecule has 2 nitrogen and oxygen atoms in total. The van der Waals surface area contributed by atoms with Crippen LogP contribution in [0.5, 0.6) is 0 Å². The van der Waals surface area contributed by atoms with Crippen LogP contribution in [0.3, 0.4) is 0 Å². The molecule has 0 saturated carbocycles. The van der Waals surface area contributed by atoms with Gasteiger partial charge in [-0.25, -0.2) is 0 Å². The van der Waals surface area contributed by atoms with Crippen molar-refractivity contribution in [2.75, 3.05) is 0 Å². The molecule has 6 heteroatoms. The molecule has 0 saturated heterocycles. The average molecular weight is 346 g/mol. The second-order valence-electron chi connectivity index (χ2n) is 4.21. The van der Waals surface area contributed by atoms with Crippen molar-refractivity contribution in [2.24, 2.45) is 0 Å². The standard InChI is InChI=1S/C14H4Cl4O2/c15-9-7-8(10(16)12(18)11(9)17)14(20)6-4-2-1-3-5(6)13(7)19/h1-4H. The third-order valence-corrected chi connectivity index (χ3v) is 4.94. The molecule has 0 atom stereocenters. The number of halogens is 4. The number of carbonyl (C=O) groups excluding carboxylic acids is 2. The van der Waals surface area contributed by atoms with Gasteiger partial charge in [0.05, 0.1) is 31.2 Å². The Balaban J connectivity index is 2.46. The van der Waals surface area contributed by atoms with Gasteiger partial charge in [-0.15, -0.1) is 0 Å². The molecule has 0 amide bonds. The quantitative estimate of drug-likeness (QED) is 0.420. The van der Waals surface area contributed by atoms with Crippen molar-refractivity contribution < 1.29 is 9.59 Å². The molecule has 0 bridgehead atoms. The summed E-state index contributed by atoms with van der Waals surface area (Å²) in [5.74, 6) is -0.777. The lowest BCUT2D eigenvalue weighted by molar-refractivity contribution is 0.0979. The van der Waals surface area contributed by atoms with E-state index in [2.05, 4.69) is 0 Å². The Morgan fingerprint density at radius 3 is 1.30 bits per heavy atom. The minimum atomic E-state index is -0.388. The lowest BCUT2D eigenvalue weighted by Crippen LogP contribution is -2.22. The second kappa shape index (κ2) is 4.74. The van der Waals surface area contributed by atoms with Crippen molar-refractivity contribution in [1.82, 2.24) is 0 Å². The number of benzene rings is 2. The van der Waals surface area contributed by atoms with Crippen molar-refractivity contribution in [2.45, 2.75) is 0 Å². The van der Waals surface area contributed by atoms with Crippen LogP contribution in [0.4, 0.5) is 0 Å². The maximum absolute atomic E-state index is 12.5. The van der Waals surface area contributed by atoms with Crippen LogP contribution in [-0.4, -0.2) is 11.6 Å². The van der Waals surface area contributed by atoms with Gasteiger partial charge in [0.1, 0.15) is 0 Å². The van der Waals surface area contributed by atoms with Crippen LogP contribution in [0.2, 0.25) is 20.1 Å². The zero-order chi connectivity index (χ0) is 14.6. The van der Waals surface area contributed by atoms with Crippen molar-refractivity contribution in [3.05, 3.63) is 66.6 Å². The van der Waals surface area contributed by atoms with Gasteiger partial charge in [-0.05, 0) is 0 Å². The van der Waals surface area contributed by atoms with Gasteiger partial charge in [0, 0.05) is 11.1 Å². The summed E-state index contributed by atoms with van der Waals surface area (Å²) in [5, 5.41) is -0.164. The highest BCUT2D eigenvalue weighted by Crippen LogP contribution is 2.45. The Morgan fingerprint density at radius 1 is 0.600 bits per heavy atom. The molecule has 0 aromatic heterocycles. The van der Waals surface area contributed by atoms with E-state index >= 15 is 0 Å². The van der Waals surface area contributed by atoms with E-state index in [9.17, 15) is 9.59 Å². The monoisotopic (exact) mass is 344 g/mol. The van der Waals surface area contributed by atoms with Gasteiger partial charge < -0.3 is 0 Å². The lowest BCUT2D eigenvalue weighted by atomic mass is 9.84. The fourth-order valence-electron chi connectivity index (χ4n) is 2.21. The third kappa shape index (κ3) is 1.73. The second-order valence-corrected chi connectivity index (χ2v) is 5.72. The van der Waals surface area contributed by atoms with E-state index in [0.29, 0.717) is 0 Å². The fraction of sp³-hybridized carbons (Fsp3) is 0. The van der Waals surface area contributed by atoms with Crippen molar-refractivity contribution in [3.8, 4) is 0 Å². The number of hydrogen-bond donors (Lipinski definition) is 0. The van der Waals surface area contributed by atoms with E-state index in [4.69, 9.17) is 46.4 Å². The maximum atomic E-state index is 12.5. The molecule has 0 heterocycles. The third-order valence-electron chi connectivity index (χ3n) is 3.14. The van der Waals surface area contributed by atoms with Crippen LogP contribution in [0.25, 0.3) is 0 Å². The fourth-order valence-corrected chi connectivity index (χ4v) is 3.23. The first-order chi connectivity index (χ1) is 9.45. The molecular weight excluding hydrogens is 342 g/mol. The molecule has 0 fully saturated rings. The largest absolute Gasteiger partial charge is 0.289 e. The van der Waals surface area contributed by atoms with Crippen LogP contribution >= 0.6 is 46.4 Å². The molecule has 20 heavy (non-hydrogen) atoms. The predicted octanol–water partition coefficient (Wildman–Crippen LogP) is 5.08. The normalized spacial score (nSPS) is 13.2. The van der Waals surface area contributed by atoms with Gasteiger partial charge in [-0.3, -0.25) is 9.59 Å². The molecule has 2 aromatic carbocycles. The van der Waals surface area contributed by atoms with Crippen LogP contribution in [0.1, 0.15) is 31.8 Å². The first kappa shape index (κ1) is 13.9. The van der Waals surface area contributed by atoms with Gasteiger partial charge in [-0.2, -0.15) is 0 Å². The minimum absolute atomic E-state index is 0.00904. The topological polar surface area (TPSA) is 34.1 Å². The molecular formula is C14H4Cl4O2. The average Bonchev–Trinajstić information content (AvgIpc) is 2.46. The number of ketones is 2. The summed E-state index contributed by atoms with van der Waals surface area (Å²) in [7, 11) is 0. The first-order valence-electron chi connectivity index (χ1n) is 5.49. The van der Waals surface area contributed by atoms with Gasteiger partial charge >= 0.3 is 0 Å². The highest BCUT2D eigenvalue weighted by atomic mass is 35.5. The molecule has 3 rings (SSSR count). The summed E-state index contributed by atoms with van der Waals surface area (Å²) in [6.07, 6.45) is 0. The lowest BCUT2D eigenvalue weighted by Gasteiger charge is -2.20. The van der Waals surface area contributed by atoms with E-state index in [-0.39, 0.29) is 53.9 Å². The Kier molecular flexibility index (Phi) is 3.30. The Hall–Kier alpha value is -1.06. The van der Waals surface area contributed by atoms with Crippen molar-refractivity contribution >= 4 is 58.0 Å². The Labute approximate surface area is 134 Å². The Morgan fingerprint density at radius 2 is 0.950 bits per heavy atom. The summed E-state index contributed by atoms with van der Waals surface area (Å²) in [4.78, 5) is 25.0. The molecule has 0 radical (unpaired) electrons. The Bertz CT molecular complexity index is 730. The molecule has 1 aliphatic carbocycles. The maximum Gasteiger partial charge on any atom is 0.196 e. The summed E-state index contributed by atoms with van der Waals surface area (Å²) in [5.41, 5.74) is 0.576.